The lowest BCUT2D eigenvalue weighted by Gasteiger charge is -2.37. The van der Waals surface area contributed by atoms with Crippen LogP contribution in [0.15, 0.2) is 40.8 Å². The Morgan fingerprint density at radius 3 is 2.50 bits per heavy atom. The van der Waals surface area contributed by atoms with Crippen molar-refractivity contribution in [1.82, 2.24) is 9.80 Å². The van der Waals surface area contributed by atoms with Crippen LogP contribution in [-0.4, -0.2) is 53.8 Å². The summed E-state index contributed by atoms with van der Waals surface area (Å²) in [7, 11) is 0. The average Bonchev–Trinajstić information content (AvgIpc) is 3.07. The number of anilines is 1. The lowest BCUT2D eigenvalue weighted by atomic mass is 10.2. The predicted octanol–water partition coefficient (Wildman–Crippen LogP) is 2.51. The van der Waals surface area contributed by atoms with Crippen molar-refractivity contribution in [1.29, 1.82) is 0 Å². The number of piperazine rings is 1. The maximum atomic E-state index is 13.2. The number of furan rings is 1. The Kier molecular flexibility index (Phi) is 5.37. The fourth-order valence-corrected chi connectivity index (χ4v) is 3.00. The first-order valence-corrected chi connectivity index (χ1v) is 8.60. The van der Waals surface area contributed by atoms with Gasteiger partial charge in [0, 0.05) is 31.9 Å². The van der Waals surface area contributed by atoms with Crippen LogP contribution >= 0.6 is 0 Å². The zero-order valence-corrected chi connectivity index (χ0v) is 14.9. The highest BCUT2D eigenvalue weighted by atomic mass is 19.1. The summed E-state index contributed by atoms with van der Waals surface area (Å²) in [5, 5.41) is 2.73. The van der Waals surface area contributed by atoms with Crippen molar-refractivity contribution in [2.24, 2.45) is 0 Å². The maximum absolute atomic E-state index is 13.2. The second-order valence-electron chi connectivity index (χ2n) is 6.41. The SMILES string of the molecule is Cc1ccc(C(=O)N2CCN(C(C)C(=O)Nc3cccc(F)c3)CC2)o1. The van der Waals surface area contributed by atoms with Crippen molar-refractivity contribution in [2.75, 3.05) is 31.5 Å². The molecule has 138 valence electrons. The van der Waals surface area contributed by atoms with E-state index >= 15 is 0 Å². The number of aryl methyl sites for hydroxylation is 1. The van der Waals surface area contributed by atoms with Gasteiger partial charge in [0.15, 0.2) is 5.76 Å². The number of rotatable bonds is 4. The molecule has 3 rings (SSSR count). The van der Waals surface area contributed by atoms with Gasteiger partial charge in [-0.1, -0.05) is 6.07 Å². The van der Waals surface area contributed by atoms with Gasteiger partial charge in [-0.3, -0.25) is 14.5 Å². The molecule has 1 atom stereocenters. The summed E-state index contributed by atoms with van der Waals surface area (Å²) < 4.78 is 18.6. The van der Waals surface area contributed by atoms with Gasteiger partial charge in [0.2, 0.25) is 5.91 Å². The largest absolute Gasteiger partial charge is 0.456 e. The molecule has 2 aromatic rings. The van der Waals surface area contributed by atoms with E-state index in [9.17, 15) is 14.0 Å². The highest BCUT2D eigenvalue weighted by molar-refractivity contribution is 5.94. The molecule has 0 radical (unpaired) electrons. The number of hydrogen-bond acceptors (Lipinski definition) is 4. The van der Waals surface area contributed by atoms with Crippen LogP contribution in [0.1, 0.15) is 23.2 Å². The topological polar surface area (TPSA) is 65.8 Å². The fourth-order valence-electron chi connectivity index (χ4n) is 3.00. The van der Waals surface area contributed by atoms with E-state index in [-0.39, 0.29) is 17.9 Å². The van der Waals surface area contributed by atoms with Crippen LogP contribution in [0.25, 0.3) is 0 Å². The number of nitrogens with zero attached hydrogens (tertiary/aromatic N) is 2. The molecule has 2 heterocycles. The van der Waals surface area contributed by atoms with Gasteiger partial charge in [-0.25, -0.2) is 4.39 Å². The van der Waals surface area contributed by atoms with Crippen molar-refractivity contribution in [3.8, 4) is 0 Å². The van der Waals surface area contributed by atoms with Gasteiger partial charge in [-0.2, -0.15) is 0 Å². The standard InChI is InChI=1S/C19H22FN3O3/c1-13-6-7-17(26-13)19(25)23-10-8-22(9-11-23)14(2)18(24)21-16-5-3-4-15(20)12-16/h3-7,12,14H,8-11H2,1-2H3,(H,21,24). The molecule has 2 amide bonds. The highest BCUT2D eigenvalue weighted by Crippen LogP contribution is 2.15. The first-order chi connectivity index (χ1) is 12.4. The molecule has 0 bridgehead atoms. The second kappa shape index (κ2) is 7.70. The highest BCUT2D eigenvalue weighted by Gasteiger charge is 2.28. The molecule has 1 aromatic heterocycles. The van der Waals surface area contributed by atoms with Crippen LogP contribution in [0.2, 0.25) is 0 Å². The summed E-state index contributed by atoms with van der Waals surface area (Å²) in [6.45, 7) is 5.83. The van der Waals surface area contributed by atoms with E-state index in [0.717, 1.165) is 0 Å². The van der Waals surface area contributed by atoms with E-state index in [1.165, 1.54) is 12.1 Å². The molecule has 6 nitrogen and oxygen atoms in total. The zero-order chi connectivity index (χ0) is 18.7. The number of hydrogen-bond donors (Lipinski definition) is 1. The molecule has 1 aliphatic rings. The van der Waals surface area contributed by atoms with Crippen LogP contribution in [0.4, 0.5) is 10.1 Å². The molecule has 1 N–H and O–H groups in total. The molecule has 0 spiro atoms. The minimum Gasteiger partial charge on any atom is -0.456 e. The third-order valence-electron chi connectivity index (χ3n) is 4.57. The Balaban J connectivity index is 1.53. The molecular formula is C19H22FN3O3. The first-order valence-electron chi connectivity index (χ1n) is 8.60. The van der Waals surface area contributed by atoms with Gasteiger partial charge in [0.25, 0.3) is 5.91 Å². The number of nitrogens with one attached hydrogen (secondary N) is 1. The third-order valence-corrected chi connectivity index (χ3v) is 4.57. The molecule has 1 aliphatic heterocycles. The molecule has 1 aromatic carbocycles. The lowest BCUT2D eigenvalue weighted by molar-refractivity contribution is -0.121. The molecule has 1 fully saturated rings. The van der Waals surface area contributed by atoms with Gasteiger partial charge in [0.05, 0.1) is 6.04 Å². The zero-order valence-electron chi connectivity index (χ0n) is 14.9. The van der Waals surface area contributed by atoms with Crippen molar-refractivity contribution < 1.29 is 18.4 Å². The van der Waals surface area contributed by atoms with Crippen molar-refractivity contribution >= 4 is 17.5 Å². The number of halogens is 1. The molecule has 26 heavy (non-hydrogen) atoms. The van der Waals surface area contributed by atoms with Gasteiger partial charge >= 0.3 is 0 Å². The molecular weight excluding hydrogens is 337 g/mol. The van der Waals surface area contributed by atoms with E-state index in [0.29, 0.717) is 43.4 Å². The van der Waals surface area contributed by atoms with Crippen LogP contribution < -0.4 is 5.32 Å². The summed E-state index contributed by atoms with van der Waals surface area (Å²) >= 11 is 0. The molecule has 0 aliphatic carbocycles. The minimum absolute atomic E-state index is 0.130. The van der Waals surface area contributed by atoms with E-state index < -0.39 is 5.82 Å². The Bertz CT molecular complexity index is 797. The van der Waals surface area contributed by atoms with E-state index in [2.05, 4.69) is 5.32 Å². The van der Waals surface area contributed by atoms with Crippen LogP contribution in [-0.2, 0) is 4.79 Å². The number of carbonyl (C=O) groups excluding carboxylic acids is 2. The fraction of sp³-hybridized carbons (Fsp3) is 0.368. The van der Waals surface area contributed by atoms with Crippen molar-refractivity contribution in [3.05, 3.63) is 53.7 Å². The van der Waals surface area contributed by atoms with Gasteiger partial charge in [0.1, 0.15) is 11.6 Å². The first kappa shape index (κ1) is 18.1. The van der Waals surface area contributed by atoms with Crippen LogP contribution in [0, 0.1) is 12.7 Å². The molecule has 1 unspecified atom stereocenters. The lowest BCUT2D eigenvalue weighted by Crippen LogP contribution is -2.54. The van der Waals surface area contributed by atoms with Crippen LogP contribution in [0.3, 0.4) is 0 Å². The monoisotopic (exact) mass is 359 g/mol. The van der Waals surface area contributed by atoms with Gasteiger partial charge in [-0.15, -0.1) is 0 Å². The quantitative estimate of drug-likeness (QED) is 0.911. The van der Waals surface area contributed by atoms with Crippen molar-refractivity contribution in [2.45, 2.75) is 19.9 Å². The Labute approximate surface area is 151 Å². The van der Waals surface area contributed by atoms with Crippen molar-refractivity contribution in [3.63, 3.8) is 0 Å². The predicted molar refractivity (Wildman–Crippen MR) is 95.4 cm³/mol. The number of amides is 2. The maximum Gasteiger partial charge on any atom is 0.289 e. The normalized spacial score (nSPS) is 16.3. The molecule has 7 heteroatoms. The van der Waals surface area contributed by atoms with E-state index in [1.807, 2.05) is 11.8 Å². The second-order valence-corrected chi connectivity index (χ2v) is 6.41. The van der Waals surface area contributed by atoms with E-state index in [4.69, 9.17) is 4.42 Å². The Morgan fingerprint density at radius 1 is 1.15 bits per heavy atom. The summed E-state index contributed by atoms with van der Waals surface area (Å²) in [4.78, 5) is 28.5. The number of benzene rings is 1. The van der Waals surface area contributed by atoms with Gasteiger partial charge in [-0.05, 0) is 44.2 Å². The molecule has 0 saturated carbocycles. The van der Waals surface area contributed by atoms with Gasteiger partial charge < -0.3 is 14.6 Å². The smallest absolute Gasteiger partial charge is 0.289 e. The average molecular weight is 359 g/mol. The Morgan fingerprint density at radius 2 is 1.88 bits per heavy atom. The van der Waals surface area contributed by atoms with Crippen LogP contribution in [0.5, 0.6) is 0 Å². The summed E-state index contributed by atoms with van der Waals surface area (Å²) in [6, 6.07) is 8.89. The Hall–Kier alpha value is -2.67. The third kappa shape index (κ3) is 4.11. The summed E-state index contributed by atoms with van der Waals surface area (Å²) in [5.41, 5.74) is 0.434. The molecule has 1 saturated heterocycles. The summed E-state index contributed by atoms with van der Waals surface area (Å²) in [5.74, 6) is 0.324. The number of carbonyl (C=O) groups is 2. The summed E-state index contributed by atoms with van der Waals surface area (Å²) in [6.07, 6.45) is 0. The van der Waals surface area contributed by atoms with E-state index in [1.54, 1.807) is 36.1 Å². The minimum atomic E-state index is -0.393.